The predicted molar refractivity (Wildman–Crippen MR) is 100 cm³/mol. The molecule has 1 aromatic heterocycles. The molecule has 2 amide bonds. The third-order valence-corrected chi connectivity index (χ3v) is 4.96. The normalized spacial score (nSPS) is 19.2. The van der Waals surface area contributed by atoms with E-state index < -0.39 is 6.10 Å². The maximum Gasteiger partial charge on any atom is 0.289 e. The van der Waals surface area contributed by atoms with E-state index in [1.807, 2.05) is 24.3 Å². The summed E-state index contributed by atoms with van der Waals surface area (Å²) >= 11 is 0. The summed E-state index contributed by atoms with van der Waals surface area (Å²) in [7, 11) is 1.61. The molecule has 3 heterocycles. The van der Waals surface area contributed by atoms with Crippen molar-refractivity contribution >= 4 is 17.5 Å². The first-order valence-electron chi connectivity index (χ1n) is 9.14. The Bertz CT molecular complexity index is 885. The van der Waals surface area contributed by atoms with Crippen LogP contribution < -0.4 is 4.74 Å². The molecule has 1 atom stereocenters. The van der Waals surface area contributed by atoms with Gasteiger partial charge in [-0.1, -0.05) is 17.3 Å². The van der Waals surface area contributed by atoms with E-state index in [1.54, 1.807) is 29.0 Å². The minimum atomic E-state index is -0.631. The van der Waals surface area contributed by atoms with Gasteiger partial charge in [0.25, 0.3) is 11.8 Å². The number of carbonyl (C=O) groups excluding carboxylic acids is 2. The lowest BCUT2D eigenvalue weighted by atomic mass is 10.0. The van der Waals surface area contributed by atoms with Gasteiger partial charge >= 0.3 is 0 Å². The lowest BCUT2D eigenvalue weighted by molar-refractivity contribution is -0.143. The van der Waals surface area contributed by atoms with E-state index in [2.05, 4.69) is 5.16 Å². The van der Waals surface area contributed by atoms with Crippen LogP contribution in [0.2, 0.25) is 0 Å². The highest BCUT2D eigenvalue weighted by Gasteiger charge is 2.34. The molecule has 1 saturated heterocycles. The fraction of sp³-hybridized carbons (Fsp3) is 0.350. The molecule has 0 radical (unpaired) electrons. The Labute approximate surface area is 162 Å². The van der Waals surface area contributed by atoms with E-state index in [9.17, 15) is 9.59 Å². The third kappa shape index (κ3) is 3.58. The van der Waals surface area contributed by atoms with Crippen molar-refractivity contribution in [3.8, 4) is 5.75 Å². The average molecular weight is 383 g/mol. The molecule has 1 fully saturated rings. The van der Waals surface area contributed by atoms with Gasteiger partial charge in [0.1, 0.15) is 5.75 Å². The quantitative estimate of drug-likeness (QED) is 0.803. The van der Waals surface area contributed by atoms with Crippen LogP contribution in [0.3, 0.4) is 0 Å². The molecule has 2 aliphatic rings. The highest BCUT2D eigenvalue weighted by atomic mass is 16.6. The van der Waals surface area contributed by atoms with Gasteiger partial charge in [-0.25, -0.2) is 0 Å². The van der Waals surface area contributed by atoms with E-state index in [0.717, 1.165) is 17.0 Å². The minimum absolute atomic E-state index is 0.105. The smallest absolute Gasteiger partial charge is 0.289 e. The summed E-state index contributed by atoms with van der Waals surface area (Å²) in [5.74, 6) is 0.784. The van der Waals surface area contributed by atoms with E-state index in [0.29, 0.717) is 38.4 Å². The molecule has 2 aromatic rings. The monoisotopic (exact) mass is 383 g/mol. The number of hydrogen-bond acceptors (Lipinski definition) is 6. The number of methoxy groups -OCH3 is 1. The van der Waals surface area contributed by atoms with Crippen LogP contribution >= 0.6 is 0 Å². The molecular weight excluding hydrogens is 362 g/mol. The zero-order valence-electron chi connectivity index (χ0n) is 15.5. The highest BCUT2D eigenvalue weighted by molar-refractivity contribution is 6.04. The summed E-state index contributed by atoms with van der Waals surface area (Å²) in [6, 6.07) is 10.8. The van der Waals surface area contributed by atoms with Crippen LogP contribution in [0.5, 0.6) is 5.75 Å². The Morgan fingerprint density at radius 2 is 1.89 bits per heavy atom. The topological polar surface area (TPSA) is 84.6 Å². The van der Waals surface area contributed by atoms with Gasteiger partial charge in [0.05, 0.1) is 19.1 Å². The molecule has 1 aromatic carbocycles. The first kappa shape index (κ1) is 18.1. The van der Waals surface area contributed by atoms with Crippen molar-refractivity contribution < 1.29 is 23.6 Å². The zero-order valence-corrected chi connectivity index (χ0v) is 15.5. The standard InChI is InChI=1S/C20H21N3O5/c1-26-15-5-2-4-14(12-15)16-13-18(28-21-16)20(25)23-9-7-22(8-10-23)19(24)17-6-3-11-27-17/h2-6,11-12,18H,7-10,13H2,1H3/t18-/m1/s1. The van der Waals surface area contributed by atoms with Crippen molar-refractivity contribution in [3.63, 3.8) is 0 Å². The van der Waals surface area contributed by atoms with Crippen LogP contribution in [-0.4, -0.2) is 66.7 Å². The average Bonchev–Trinajstić information content (AvgIpc) is 3.45. The van der Waals surface area contributed by atoms with Crippen molar-refractivity contribution in [3.05, 3.63) is 54.0 Å². The van der Waals surface area contributed by atoms with Crippen LogP contribution in [-0.2, 0) is 9.63 Å². The molecule has 0 saturated carbocycles. The second kappa shape index (κ2) is 7.75. The number of carbonyl (C=O) groups is 2. The summed E-state index contributed by atoms with van der Waals surface area (Å²) in [5.41, 5.74) is 1.60. The van der Waals surface area contributed by atoms with Gasteiger partial charge in [-0.15, -0.1) is 0 Å². The van der Waals surface area contributed by atoms with Crippen molar-refractivity contribution in [2.75, 3.05) is 33.3 Å². The van der Waals surface area contributed by atoms with Crippen molar-refractivity contribution in [1.82, 2.24) is 9.80 Å². The number of ether oxygens (including phenoxy) is 1. The summed E-state index contributed by atoms with van der Waals surface area (Å²) in [4.78, 5) is 33.9. The number of furan rings is 1. The minimum Gasteiger partial charge on any atom is -0.497 e. The molecule has 0 N–H and O–H groups in total. The van der Waals surface area contributed by atoms with Crippen LogP contribution in [0.4, 0.5) is 0 Å². The van der Waals surface area contributed by atoms with E-state index >= 15 is 0 Å². The van der Waals surface area contributed by atoms with E-state index in [-0.39, 0.29) is 11.8 Å². The summed E-state index contributed by atoms with van der Waals surface area (Å²) in [6.07, 6.45) is 1.26. The maximum atomic E-state index is 12.8. The molecule has 2 aliphatic heterocycles. The van der Waals surface area contributed by atoms with E-state index in [1.165, 1.54) is 6.26 Å². The number of nitrogens with zero attached hydrogens (tertiary/aromatic N) is 3. The fourth-order valence-electron chi connectivity index (χ4n) is 3.37. The Hall–Kier alpha value is -3.29. The Morgan fingerprint density at radius 1 is 1.11 bits per heavy atom. The summed E-state index contributed by atoms with van der Waals surface area (Å²) in [5, 5.41) is 4.09. The molecule has 146 valence electrons. The number of amides is 2. The van der Waals surface area contributed by atoms with Crippen molar-refractivity contribution in [1.29, 1.82) is 0 Å². The fourth-order valence-corrected chi connectivity index (χ4v) is 3.37. The predicted octanol–water partition coefficient (Wildman–Crippen LogP) is 1.77. The van der Waals surface area contributed by atoms with Gasteiger partial charge in [0, 0.05) is 38.2 Å². The van der Waals surface area contributed by atoms with Crippen LogP contribution in [0, 0.1) is 0 Å². The van der Waals surface area contributed by atoms with Crippen LogP contribution in [0.25, 0.3) is 0 Å². The van der Waals surface area contributed by atoms with Gasteiger partial charge in [-0.05, 0) is 24.3 Å². The number of rotatable bonds is 4. The number of hydrogen-bond donors (Lipinski definition) is 0. The molecule has 4 rings (SSSR count). The molecule has 0 bridgehead atoms. The highest BCUT2D eigenvalue weighted by Crippen LogP contribution is 2.22. The van der Waals surface area contributed by atoms with Crippen LogP contribution in [0.15, 0.2) is 52.2 Å². The van der Waals surface area contributed by atoms with Crippen LogP contribution in [0.1, 0.15) is 22.5 Å². The Morgan fingerprint density at radius 3 is 2.61 bits per heavy atom. The number of benzene rings is 1. The first-order chi connectivity index (χ1) is 13.7. The Kier molecular flexibility index (Phi) is 5.01. The Balaban J connectivity index is 1.32. The second-order valence-electron chi connectivity index (χ2n) is 6.66. The van der Waals surface area contributed by atoms with Gasteiger partial charge in [-0.2, -0.15) is 0 Å². The number of oxime groups is 1. The van der Waals surface area contributed by atoms with Gasteiger partial charge in [0.15, 0.2) is 5.76 Å². The molecule has 0 aliphatic carbocycles. The van der Waals surface area contributed by atoms with Crippen molar-refractivity contribution in [2.24, 2.45) is 5.16 Å². The van der Waals surface area contributed by atoms with Gasteiger partial charge < -0.3 is 23.8 Å². The largest absolute Gasteiger partial charge is 0.497 e. The molecule has 28 heavy (non-hydrogen) atoms. The lowest BCUT2D eigenvalue weighted by Crippen LogP contribution is -2.52. The summed E-state index contributed by atoms with van der Waals surface area (Å²) in [6.45, 7) is 1.84. The van der Waals surface area contributed by atoms with E-state index in [4.69, 9.17) is 14.0 Å². The molecule has 8 heteroatoms. The molecule has 0 unspecified atom stereocenters. The second-order valence-corrected chi connectivity index (χ2v) is 6.66. The molecule has 8 nitrogen and oxygen atoms in total. The number of piperazine rings is 1. The summed E-state index contributed by atoms with van der Waals surface area (Å²) < 4.78 is 10.4. The lowest BCUT2D eigenvalue weighted by Gasteiger charge is -2.35. The first-order valence-corrected chi connectivity index (χ1v) is 9.14. The van der Waals surface area contributed by atoms with Gasteiger partial charge in [0.2, 0.25) is 6.10 Å². The van der Waals surface area contributed by atoms with Crippen molar-refractivity contribution in [2.45, 2.75) is 12.5 Å². The maximum absolute atomic E-state index is 12.8. The molecular formula is C20H21N3O5. The molecule has 0 spiro atoms. The zero-order chi connectivity index (χ0) is 19.5. The third-order valence-electron chi connectivity index (χ3n) is 4.96. The SMILES string of the molecule is COc1cccc(C2=NO[C@@H](C(=O)N3CCN(C(=O)c4ccco4)CC3)C2)c1. The van der Waals surface area contributed by atoms with Gasteiger partial charge in [-0.3, -0.25) is 9.59 Å².